The molecule has 1 heterocycles. The molecule has 2 aliphatic carbocycles. The fraction of sp³-hybridized carbons (Fsp3) is 0.600. The SMILES string of the molecule is CCc1ccc(OC)c2c1[C@@]13CCC[C@@H](C)C1C=CC(F)[C@H]3O2. The second-order valence-electron chi connectivity index (χ2n) is 7.29. The number of halogens is 1. The first-order valence-corrected chi connectivity index (χ1v) is 8.82. The van der Waals surface area contributed by atoms with Crippen molar-refractivity contribution < 1.29 is 13.9 Å². The molecule has 1 aliphatic heterocycles. The van der Waals surface area contributed by atoms with Gasteiger partial charge in [0, 0.05) is 11.0 Å². The third kappa shape index (κ3) is 1.85. The lowest BCUT2D eigenvalue weighted by molar-refractivity contribution is 0.00973. The van der Waals surface area contributed by atoms with Gasteiger partial charge in [-0.3, -0.25) is 0 Å². The van der Waals surface area contributed by atoms with E-state index in [9.17, 15) is 4.39 Å². The second kappa shape index (κ2) is 5.25. The molecule has 23 heavy (non-hydrogen) atoms. The molecule has 0 radical (unpaired) electrons. The summed E-state index contributed by atoms with van der Waals surface area (Å²) in [4.78, 5) is 0. The number of rotatable bonds is 2. The van der Waals surface area contributed by atoms with Gasteiger partial charge in [0.1, 0.15) is 6.10 Å². The number of allylic oxidation sites excluding steroid dienone is 1. The van der Waals surface area contributed by atoms with E-state index in [1.165, 1.54) is 17.5 Å². The molecule has 0 bridgehead atoms. The topological polar surface area (TPSA) is 18.5 Å². The van der Waals surface area contributed by atoms with Gasteiger partial charge in [0.25, 0.3) is 0 Å². The first-order chi connectivity index (χ1) is 11.1. The van der Waals surface area contributed by atoms with E-state index in [2.05, 4.69) is 26.0 Å². The molecule has 0 amide bonds. The Balaban J connectivity index is 1.99. The molecule has 2 nitrogen and oxygen atoms in total. The summed E-state index contributed by atoms with van der Waals surface area (Å²) in [6.07, 6.45) is 6.69. The molecule has 1 saturated carbocycles. The molecule has 5 atom stereocenters. The Hall–Kier alpha value is -1.51. The summed E-state index contributed by atoms with van der Waals surface area (Å²) >= 11 is 0. The Bertz CT molecular complexity index is 653. The maximum atomic E-state index is 14.8. The van der Waals surface area contributed by atoms with Crippen LogP contribution in [0, 0.1) is 11.8 Å². The molecule has 3 aliphatic rings. The highest BCUT2D eigenvalue weighted by atomic mass is 19.1. The van der Waals surface area contributed by atoms with Crippen LogP contribution in [0.15, 0.2) is 24.3 Å². The van der Waals surface area contributed by atoms with E-state index in [0.29, 0.717) is 11.8 Å². The van der Waals surface area contributed by atoms with E-state index in [1.54, 1.807) is 13.2 Å². The summed E-state index contributed by atoms with van der Waals surface area (Å²) in [5.74, 6) is 2.44. The van der Waals surface area contributed by atoms with Crippen LogP contribution in [0.4, 0.5) is 4.39 Å². The van der Waals surface area contributed by atoms with Crippen LogP contribution in [0.2, 0.25) is 0 Å². The van der Waals surface area contributed by atoms with Gasteiger partial charge in [-0.25, -0.2) is 4.39 Å². The number of fused-ring (bicyclic) bond motifs is 1. The zero-order valence-corrected chi connectivity index (χ0v) is 14.1. The van der Waals surface area contributed by atoms with Crippen molar-refractivity contribution in [1.82, 2.24) is 0 Å². The molecule has 4 rings (SSSR count). The van der Waals surface area contributed by atoms with Gasteiger partial charge >= 0.3 is 0 Å². The van der Waals surface area contributed by atoms with E-state index >= 15 is 0 Å². The Morgan fingerprint density at radius 1 is 1.35 bits per heavy atom. The fourth-order valence-electron chi connectivity index (χ4n) is 5.29. The van der Waals surface area contributed by atoms with Crippen molar-refractivity contribution in [2.24, 2.45) is 11.8 Å². The normalized spacial score (nSPS) is 37.6. The Kier molecular flexibility index (Phi) is 3.44. The minimum Gasteiger partial charge on any atom is -0.493 e. The van der Waals surface area contributed by atoms with Crippen LogP contribution in [-0.4, -0.2) is 19.4 Å². The lowest BCUT2D eigenvalue weighted by Crippen LogP contribution is -2.54. The predicted molar refractivity (Wildman–Crippen MR) is 89.0 cm³/mol. The van der Waals surface area contributed by atoms with E-state index in [1.807, 2.05) is 6.07 Å². The quantitative estimate of drug-likeness (QED) is 0.742. The third-order valence-corrected chi connectivity index (χ3v) is 6.28. The summed E-state index contributed by atoms with van der Waals surface area (Å²) in [6, 6.07) is 4.10. The van der Waals surface area contributed by atoms with Crippen molar-refractivity contribution in [2.45, 2.75) is 57.2 Å². The summed E-state index contributed by atoms with van der Waals surface area (Å²) < 4.78 is 26.6. The Morgan fingerprint density at radius 3 is 2.91 bits per heavy atom. The number of ether oxygens (including phenoxy) is 2. The highest BCUT2D eigenvalue weighted by Gasteiger charge is 2.60. The molecular weight excluding hydrogens is 291 g/mol. The second-order valence-corrected chi connectivity index (χ2v) is 7.29. The van der Waals surface area contributed by atoms with Crippen LogP contribution >= 0.6 is 0 Å². The first kappa shape index (κ1) is 15.0. The Labute approximate surface area is 137 Å². The van der Waals surface area contributed by atoms with Crippen molar-refractivity contribution in [2.75, 3.05) is 7.11 Å². The lowest BCUT2D eigenvalue weighted by atomic mass is 9.54. The van der Waals surface area contributed by atoms with Crippen molar-refractivity contribution in [3.8, 4) is 11.5 Å². The van der Waals surface area contributed by atoms with Gasteiger partial charge in [-0.05, 0) is 36.3 Å². The maximum Gasteiger partial charge on any atom is 0.165 e. The van der Waals surface area contributed by atoms with Gasteiger partial charge < -0.3 is 9.47 Å². The molecule has 1 aromatic rings. The number of hydrogen-bond donors (Lipinski definition) is 0. The molecule has 1 fully saturated rings. The maximum absolute atomic E-state index is 14.8. The first-order valence-electron chi connectivity index (χ1n) is 8.82. The summed E-state index contributed by atoms with van der Waals surface area (Å²) in [6.45, 7) is 4.47. The van der Waals surface area contributed by atoms with Crippen LogP contribution < -0.4 is 9.47 Å². The minimum absolute atomic E-state index is 0.221. The van der Waals surface area contributed by atoms with Crippen LogP contribution in [0.25, 0.3) is 0 Å². The van der Waals surface area contributed by atoms with Crippen LogP contribution in [-0.2, 0) is 11.8 Å². The highest BCUT2D eigenvalue weighted by Crippen LogP contribution is 2.61. The predicted octanol–water partition coefficient (Wildman–Crippen LogP) is 4.60. The third-order valence-electron chi connectivity index (χ3n) is 6.28. The van der Waals surface area contributed by atoms with Gasteiger partial charge in [0.05, 0.1) is 7.11 Å². The van der Waals surface area contributed by atoms with E-state index in [0.717, 1.165) is 30.8 Å². The molecule has 0 aromatic heterocycles. The molecular formula is C20H25FO2. The van der Waals surface area contributed by atoms with Gasteiger partial charge in [0.2, 0.25) is 0 Å². The highest BCUT2D eigenvalue weighted by molar-refractivity contribution is 5.60. The van der Waals surface area contributed by atoms with Gasteiger partial charge in [-0.15, -0.1) is 0 Å². The van der Waals surface area contributed by atoms with E-state index in [-0.39, 0.29) is 5.41 Å². The zero-order valence-electron chi connectivity index (χ0n) is 14.1. The van der Waals surface area contributed by atoms with E-state index in [4.69, 9.17) is 9.47 Å². The number of methoxy groups -OCH3 is 1. The molecule has 1 aromatic carbocycles. The average molecular weight is 316 g/mol. The standard InChI is InChI=1S/C20H25FO2/c1-4-13-7-10-16(22-3)18-17(13)20-11-5-6-12(2)14(20)8-9-15(21)19(20)23-18/h7-10,12,14-15,19H,4-6,11H2,1-3H3/t12-,14?,15?,19-,20-/m1/s1. The largest absolute Gasteiger partial charge is 0.493 e. The fourth-order valence-corrected chi connectivity index (χ4v) is 5.29. The van der Waals surface area contributed by atoms with Gasteiger partial charge in [-0.1, -0.05) is 44.9 Å². The molecule has 0 N–H and O–H groups in total. The number of aryl methyl sites for hydroxylation is 1. The van der Waals surface area contributed by atoms with Crippen molar-refractivity contribution in [1.29, 1.82) is 0 Å². The smallest absolute Gasteiger partial charge is 0.165 e. The van der Waals surface area contributed by atoms with Gasteiger partial charge in [0.15, 0.2) is 17.7 Å². The summed E-state index contributed by atoms with van der Waals surface area (Å²) in [5.41, 5.74) is 2.29. The average Bonchev–Trinajstić information content (AvgIpc) is 2.91. The molecule has 1 spiro atoms. The molecule has 124 valence electrons. The monoisotopic (exact) mass is 316 g/mol. The number of hydrogen-bond acceptors (Lipinski definition) is 2. The molecule has 2 unspecified atom stereocenters. The number of benzene rings is 1. The molecule has 0 saturated heterocycles. The number of alkyl halides is 1. The zero-order chi connectivity index (χ0) is 16.2. The molecule has 3 heteroatoms. The van der Waals surface area contributed by atoms with Crippen LogP contribution in [0.1, 0.15) is 44.2 Å². The van der Waals surface area contributed by atoms with E-state index < -0.39 is 12.3 Å². The van der Waals surface area contributed by atoms with Crippen molar-refractivity contribution in [3.05, 3.63) is 35.4 Å². The van der Waals surface area contributed by atoms with Gasteiger partial charge in [-0.2, -0.15) is 0 Å². The van der Waals surface area contributed by atoms with Crippen molar-refractivity contribution >= 4 is 0 Å². The summed E-state index contributed by atoms with van der Waals surface area (Å²) in [5, 5.41) is 0. The minimum atomic E-state index is -1.04. The Morgan fingerprint density at radius 2 is 2.17 bits per heavy atom. The van der Waals surface area contributed by atoms with Crippen molar-refractivity contribution in [3.63, 3.8) is 0 Å². The van der Waals surface area contributed by atoms with Crippen LogP contribution in [0.3, 0.4) is 0 Å². The summed E-state index contributed by atoms with van der Waals surface area (Å²) in [7, 11) is 1.66. The lowest BCUT2D eigenvalue weighted by Gasteiger charge is -2.49. The van der Waals surface area contributed by atoms with Crippen LogP contribution in [0.5, 0.6) is 11.5 Å².